The summed E-state index contributed by atoms with van der Waals surface area (Å²) in [6, 6.07) is 1.25. The molecule has 4 heteroatoms. The van der Waals surface area contributed by atoms with E-state index in [0.717, 1.165) is 0 Å². The summed E-state index contributed by atoms with van der Waals surface area (Å²) in [5.41, 5.74) is -0.235. The Morgan fingerprint density at radius 1 is 1.57 bits per heavy atom. The van der Waals surface area contributed by atoms with E-state index in [1.807, 2.05) is 0 Å². The Labute approximate surface area is 81.1 Å². The third-order valence-electron chi connectivity index (χ3n) is 2.18. The van der Waals surface area contributed by atoms with Crippen molar-refractivity contribution in [2.75, 3.05) is 6.61 Å². The van der Waals surface area contributed by atoms with E-state index in [-0.39, 0.29) is 23.5 Å². The first-order valence-electron chi connectivity index (χ1n) is 4.65. The van der Waals surface area contributed by atoms with Crippen molar-refractivity contribution in [2.45, 2.75) is 19.4 Å². The Balaban J connectivity index is 2.05. The molecule has 0 atom stereocenters. The van der Waals surface area contributed by atoms with E-state index in [9.17, 15) is 4.79 Å². The molecule has 0 unspecified atom stereocenters. The van der Waals surface area contributed by atoms with Crippen LogP contribution in [0.5, 0.6) is 5.75 Å². The first-order valence-corrected chi connectivity index (χ1v) is 4.65. The van der Waals surface area contributed by atoms with Crippen LogP contribution in [0.1, 0.15) is 18.6 Å². The molecule has 0 aromatic carbocycles. The van der Waals surface area contributed by atoms with Gasteiger partial charge in [-0.25, -0.2) is 0 Å². The molecule has 1 fully saturated rings. The molecule has 1 N–H and O–H groups in total. The highest BCUT2D eigenvalue weighted by Crippen LogP contribution is 2.28. The van der Waals surface area contributed by atoms with Crippen LogP contribution in [0.15, 0.2) is 21.5 Å². The van der Waals surface area contributed by atoms with Gasteiger partial charge in [-0.05, 0) is 18.8 Å². The normalized spacial score (nSPS) is 15.5. The van der Waals surface area contributed by atoms with Crippen molar-refractivity contribution >= 4 is 0 Å². The third kappa shape index (κ3) is 2.14. The van der Waals surface area contributed by atoms with E-state index in [0.29, 0.717) is 12.5 Å². The fraction of sp³-hybridized carbons (Fsp3) is 0.500. The fourth-order valence-electron chi connectivity index (χ4n) is 1.12. The average Bonchev–Trinajstić information content (AvgIpc) is 2.99. The van der Waals surface area contributed by atoms with Crippen LogP contribution in [0.2, 0.25) is 0 Å². The van der Waals surface area contributed by atoms with Gasteiger partial charge >= 0.3 is 0 Å². The number of rotatable bonds is 4. The lowest BCUT2D eigenvalue weighted by Crippen LogP contribution is -2.09. The van der Waals surface area contributed by atoms with Crippen molar-refractivity contribution in [2.24, 2.45) is 5.92 Å². The van der Waals surface area contributed by atoms with Crippen LogP contribution in [0.4, 0.5) is 0 Å². The zero-order chi connectivity index (χ0) is 9.97. The Hall–Kier alpha value is -1.29. The van der Waals surface area contributed by atoms with Gasteiger partial charge in [-0.1, -0.05) is 0 Å². The molecule has 76 valence electrons. The van der Waals surface area contributed by atoms with E-state index in [4.69, 9.17) is 14.3 Å². The van der Waals surface area contributed by atoms with Gasteiger partial charge < -0.3 is 14.3 Å². The lowest BCUT2D eigenvalue weighted by atomic mass is 10.4. The van der Waals surface area contributed by atoms with Crippen molar-refractivity contribution in [3.8, 4) is 5.75 Å². The van der Waals surface area contributed by atoms with Gasteiger partial charge in [-0.2, -0.15) is 0 Å². The number of aliphatic hydroxyl groups excluding tert-OH is 1. The van der Waals surface area contributed by atoms with Crippen LogP contribution in [-0.4, -0.2) is 11.7 Å². The molecule has 1 heterocycles. The first-order chi connectivity index (χ1) is 6.79. The van der Waals surface area contributed by atoms with Crippen LogP contribution in [0, 0.1) is 5.92 Å². The Morgan fingerprint density at radius 2 is 2.36 bits per heavy atom. The highest BCUT2D eigenvalue weighted by atomic mass is 16.5. The first kappa shape index (κ1) is 9.27. The topological polar surface area (TPSA) is 59.7 Å². The van der Waals surface area contributed by atoms with Crippen molar-refractivity contribution in [1.29, 1.82) is 0 Å². The van der Waals surface area contributed by atoms with E-state index >= 15 is 0 Å². The largest absolute Gasteiger partial charge is 0.486 e. The van der Waals surface area contributed by atoms with Gasteiger partial charge in [0.05, 0.1) is 6.61 Å². The Bertz CT molecular complexity index is 365. The van der Waals surface area contributed by atoms with Gasteiger partial charge in [0.1, 0.15) is 18.6 Å². The minimum atomic E-state index is -0.266. The SMILES string of the molecule is O=c1cc(CO)occ1OCC1CC1. The predicted molar refractivity (Wildman–Crippen MR) is 49.1 cm³/mol. The lowest BCUT2D eigenvalue weighted by molar-refractivity contribution is 0.236. The lowest BCUT2D eigenvalue weighted by Gasteiger charge is -2.03. The molecule has 4 nitrogen and oxygen atoms in total. The molecule has 1 saturated carbocycles. The van der Waals surface area contributed by atoms with Gasteiger partial charge in [0, 0.05) is 6.07 Å². The molecule has 1 aromatic rings. The van der Waals surface area contributed by atoms with Crippen molar-refractivity contribution < 1.29 is 14.3 Å². The summed E-state index contributed by atoms with van der Waals surface area (Å²) in [7, 11) is 0. The Morgan fingerprint density at radius 3 is 2.93 bits per heavy atom. The maximum atomic E-state index is 11.3. The summed E-state index contributed by atoms with van der Waals surface area (Å²) < 4.78 is 10.2. The number of aliphatic hydroxyl groups is 1. The molecule has 1 aromatic heterocycles. The monoisotopic (exact) mass is 196 g/mol. The molecular weight excluding hydrogens is 184 g/mol. The quantitative estimate of drug-likeness (QED) is 0.777. The van der Waals surface area contributed by atoms with Crippen LogP contribution >= 0.6 is 0 Å². The molecule has 1 aliphatic carbocycles. The third-order valence-corrected chi connectivity index (χ3v) is 2.18. The minimum Gasteiger partial charge on any atom is -0.486 e. The van der Waals surface area contributed by atoms with Gasteiger partial charge in [-0.15, -0.1) is 0 Å². The molecular formula is C10H12O4. The van der Waals surface area contributed by atoms with Gasteiger partial charge in [0.25, 0.3) is 0 Å². The van der Waals surface area contributed by atoms with Crippen molar-refractivity contribution in [3.05, 3.63) is 28.3 Å². The molecule has 1 aliphatic rings. The van der Waals surface area contributed by atoms with E-state index in [1.54, 1.807) is 0 Å². The molecule has 0 aliphatic heterocycles. The second kappa shape index (κ2) is 3.84. The summed E-state index contributed by atoms with van der Waals surface area (Å²) in [4.78, 5) is 11.3. The summed E-state index contributed by atoms with van der Waals surface area (Å²) in [5, 5.41) is 8.71. The number of ether oxygens (including phenoxy) is 1. The highest BCUT2D eigenvalue weighted by molar-refractivity contribution is 5.17. The summed E-state index contributed by atoms with van der Waals surface area (Å²) >= 11 is 0. The van der Waals surface area contributed by atoms with E-state index in [1.165, 1.54) is 25.2 Å². The predicted octanol–water partition coefficient (Wildman–Crippen LogP) is 0.921. The molecule has 0 amide bonds. The maximum Gasteiger partial charge on any atom is 0.227 e. The van der Waals surface area contributed by atoms with Crippen LogP contribution in [-0.2, 0) is 6.61 Å². The zero-order valence-corrected chi connectivity index (χ0v) is 7.73. The second-order valence-electron chi connectivity index (χ2n) is 3.49. The molecule has 2 rings (SSSR count). The number of hydrogen-bond donors (Lipinski definition) is 1. The van der Waals surface area contributed by atoms with Gasteiger partial charge in [0.15, 0.2) is 0 Å². The van der Waals surface area contributed by atoms with Gasteiger partial charge in [0.2, 0.25) is 11.2 Å². The van der Waals surface area contributed by atoms with Crippen molar-refractivity contribution in [3.63, 3.8) is 0 Å². The standard InChI is InChI=1S/C10H12O4/c11-4-8-3-9(12)10(6-13-8)14-5-7-1-2-7/h3,6-7,11H,1-2,4-5H2. The van der Waals surface area contributed by atoms with Crippen LogP contribution in [0.3, 0.4) is 0 Å². The molecule has 0 bridgehead atoms. The number of hydrogen-bond acceptors (Lipinski definition) is 4. The zero-order valence-electron chi connectivity index (χ0n) is 7.73. The highest BCUT2D eigenvalue weighted by Gasteiger charge is 2.22. The molecule has 14 heavy (non-hydrogen) atoms. The molecule has 0 spiro atoms. The fourth-order valence-corrected chi connectivity index (χ4v) is 1.12. The smallest absolute Gasteiger partial charge is 0.227 e. The molecule has 0 radical (unpaired) electrons. The van der Waals surface area contributed by atoms with Crippen LogP contribution < -0.4 is 10.2 Å². The Kier molecular flexibility index (Phi) is 2.54. The van der Waals surface area contributed by atoms with E-state index < -0.39 is 0 Å². The van der Waals surface area contributed by atoms with E-state index in [2.05, 4.69) is 0 Å². The summed E-state index contributed by atoms with van der Waals surface area (Å²) in [6.45, 7) is 0.321. The molecule has 0 saturated heterocycles. The van der Waals surface area contributed by atoms with Gasteiger partial charge in [-0.3, -0.25) is 4.79 Å². The summed E-state index contributed by atoms with van der Waals surface area (Å²) in [6.07, 6.45) is 3.62. The van der Waals surface area contributed by atoms with Crippen molar-refractivity contribution in [1.82, 2.24) is 0 Å². The minimum absolute atomic E-state index is 0.231. The maximum absolute atomic E-state index is 11.3. The average molecular weight is 196 g/mol. The van der Waals surface area contributed by atoms with Crippen LogP contribution in [0.25, 0.3) is 0 Å². The second-order valence-corrected chi connectivity index (χ2v) is 3.49. The summed E-state index contributed by atoms with van der Waals surface area (Å²) in [5.74, 6) is 1.09.